The van der Waals surface area contributed by atoms with E-state index in [1.807, 2.05) is 0 Å². The third-order valence-corrected chi connectivity index (χ3v) is 5.52. The first-order chi connectivity index (χ1) is 14.2. The van der Waals surface area contributed by atoms with Crippen molar-refractivity contribution in [1.82, 2.24) is 4.98 Å². The van der Waals surface area contributed by atoms with Gasteiger partial charge in [0.25, 0.3) is 0 Å². The van der Waals surface area contributed by atoms with E-state index in [4.69, 9.17) is 15.4 Å². The number of aryl methyl sites for hydroxylation is 1. The lowest BCUT2D eigenvalue weighted by Crippen LogP contribution is -2.19. The topological polar surface area (TPSA) is 84.6 Å². The molecule has 0 fully saturated rings. The van der Waals surface area contributed by atoms with E-state index in [0.717, 1.165) is 17.7 Å². The summed E-state index contributed by atoms with van der Waals surface area (Å²) in [4.78, 5) is 4.47. The number of hydrogen-bond donors (Lipinski definition) is 2. The summed E-state index contributed by atoms with van der Waals surface area (Å²) in [5.74, 6) is 0.180. The minimum absolute atomic E-state index is 0.0882. The van der Waals surface area contributed by atoms with Gasteiger partial charge in [-0.25, -0.2) is 4.98 Å². The number of oxime groups is 1. The van der Waals surface area contributed by atoms with Gasteiger partial charge < -0.3 is 15.4 Å². The molecule has 0 aliphatic carbocycles. The molecule has 1 aromatic heterocycles. The Balaban J connectivity index is 1.68. The lowest BCUT2D eigenvalue weighted by atomic mass is 10.0. The minimum Gasteiger partial charge on any atom is -0.448 e. The Kier molecular flexibility index (Phi) is 10.3. The Bertz CT molecular complexity index is 722. The number of hydrogen-bond acceptors (Lipinski definition) is 4. The van der Waals surface area contributed by atoms with Gasteiger partial charge >= 0.3 is 0 Å². The van der Waals surface area contributed by atoms with Crippen molar-refractivity contribution >= 4 is 5.84 Å². The van der Waals surface area contributed by atoms with Crippen LogP contribution in [0.1, 0.15) is 95.4 Å². The molecule has 0 bridgehead atoms. The van der Waals surface area contributed by atoms with Crippen LogP contribution in [0.15, 0.2) is 40.1 Å². The maximum atomic E-state index is 8.79. The zero-order valence-electron chi connectivity index (χ0n) is 18.1. The lowest BCUT2D eigenvalue weighted by molar-refractivity contribution is 0.315. The van der Waals surface area contributed by atoms with Gasteiger partial charge in [0.2, 0.25) is 5.89 Å². The molecule has 2 rings (SSSR count). The third kappa shape index (κ3) is 7.92. The van der Waals surface area contributed by atoms with E-state index in [-0.39, 0.29) is 11.8 Å². The first kappa shape index (κ1) is 23.0. The smallest absolute Gasteiger partial charge is 0.205 e. The van der Waals surface area contributed by atoms with Crippen molar-refractivity contribution in [3.63, 3.8) is 0 Å². The molecule has 0 radical (unpaired) electrons. The Morgan fingerprint density at radius 1 is 1.00 bits per heavy atom. The van der Waals surface area contributed by atoms with Crippen molar-refractivity contribution in [3.05, 3.63) is 42.0 Å². The van der Waals surface area contributed by atoms with Crippen molar-refractivity contribution in [2.75, 3.05) is 0 Å². The number of oxazole rings is 1. The second kappa shape index (κ2) is 13.0. The SMILES string of the molecule is CCCCCCCCCCCCc1ccc(-c2coc(C(C)C(N)=NO)n2)cc1. The van der Waals surface area contributed by atoms with E-state index in [1.165, 1.54) is 69.8 Å². The second-order valence-electron chi connectivity index (χ2n) is 7.95. The van der Waals surface area contributed by atoms with Gasteiger partial charge in [-0.05, 0) is 25.3 Å². The second-order valence-corrected chi connectivity index (χ2v) is 7.95. The number of nitrogens with zero attached hydrogens (tertiary/aromatic N) is 2. The number of unbranched alkanes of at least 4 members (excludes halogenated alkanes) is 9. The Labute approximate surface area is 175 Å². The largest absolute Gasteiger partial charge is 0.448 e. The fourth-order valence-electron chi connectivity index (χ4n) is 3.49. The van der Waals surface area contributed by atoms with Crippen LogP contribution in [0.25, 0.3) is 11.3 Å². The summed E-state index contributed by atoms with van der Waals surface area (Å²) in [6, 6.07) is 8.51. The van der Waals surface area contributed by atoms with Crippen LogP contribution in [0.2, 0.25) is 0 Å². The molecule has 1 atom stereocenters. The summed E-state index contributed by atoms with van der Waals surface area (Å²) in [5.41, 5.74) is 8.77. The van der Waals surface area contributed by atoms with Crippen LogP contribution in [-0.4, -0.2) is 16.0 Å². The number of nitrogens with two attached hydrogens (primary N) is 1. The molecule has 0 amide bonds. The molecule has 0 saturated heterocycles. The molecular weight excluding hydrogens is 362 g/mol. The van der Waals surface area contributed by atoms with Crippen LogP contribution in [0.5, 0.6) is 0 Å². The van der Waals surface area contributed by atoms with E-state index in [9.17, 15) is 0 Å². The van der Waals surface area contributed by atoms with Crippen molar-refractivity contribution in [2.45, 2.75) is 90.4 Å². The van der Waals surface area contributed by atoms with Crippen LogP contribution >= 0.6 is 0 Å². The van der Waals surface area contributed by atoms with Crippen LogP contribution in [0.4, 0.5) is 0 Å². The Morgan fingerprint density at radius 3 is 2.17 bits per heavy atom. The molecule has 29 heavy (non-hydrogen) atoms. The van der Waals surface area contributed by atoms with Crippen molar-refractivity contribution < 1.29 is 9.62 Å². The van der Waals surface area contributed by atoms with E-state index < -0.39 is 0 Å². The molecule has 0 spiro atoms. The third-order valence-electron chi connectivity index (χ3n) is 5.52. The normalized spacial score (nSPS) is 13.0. The van der Waals surface area contributed by atoms with E-state index in [0.29, 0.717) is 5.89 Å². The van der Waals surface area contributed by atoms with Crippen LogP contribution in [0.3, 0.4) is 0 Å². The van der Waals surface area contributed by atoms with E-state index in [2.05, 4.69) is 41.3 Å². The molecule has 0 aliphatic heterocycles. The molecule has 0 saturated carbocycles. The first-order valence-corrected chi connectivity index (χ1v) is 11.2. The van der Waals surface area contributed by atoms with Gasteiger partial charge in [0.05, 0.1) is 5.92 Å². The summed E-state index contributed by atoms with van der Waals surface area (Å²) in [6.07, 6.45) is 16.4. The average molecular weight is 400 g/mol. The molecule has 1 aromatic carbocycles. The van der Waals surface area contributed by atoms with Gasteiger partial charge in [0.15, 0.2) is 5.84 Å². The molecular formula is C24H37N3O2. The summed E-state index contributed by atoms with van der Waals surface area (Å²) in [7, 11) is 0. The van der Waals surface area contributed by atoms with E-state index >= 15 is 0 Å². The maximum Gasteiger partial charge on any atom is 0.205 e. The molecule has 160 valence electrons. The van der Waals surface area contributed by atoms with Gasteiger partial charge in [-0.1, -0.05) is 94.1 Å². The fourth-order valence-corrected chi connectivity index (χ4v) is 3.49. The van der Waals surface area contributed by atoms with Gasteiger partial charge in [-0.15, -0.1) is 0 Å². The van der Waals surface area contributed by atoms with Crippen LogP contribution in [-0.2, 0) is 6.42 Å². The maximum absolute atomic E-state index is 8.79. The number of amidine groups is 1. The van der Waals surface area contributed by atoms with Gasteiger partial charge in [0, 0.05) is 5.56 Å². The highest BCUT2D eigenvalue weighted by atomic mass is 16.4. The van der Waals surface area contributed by atoms with Gasteiger partial charge in [-0.3, -0.25) is 0 Å². The molecule has 5 nitrogen and oxygen atoms in total. The predicted molar refractivity (Wildman–Crippen MR) is 119 cm³/mol. The summed E-state index contributed by atoms with van der Waals surface area (Å²) in [6.45, 7) is 4.06. The monoisotopic (exact) mass is 399 g/mol. The Morgan fingerprint density at radius 2 is 1.59 bits per heavy atom. The average Bonchev–Trinajstić information content (AvgIpc) is 3.24. The standard InChI is InChI=1S/C24H37N3O2/c1-3-4-5-6-7-8-9-10-11-12-13-20-14-16-21(17-15-20)22-18-29-24(26-22)19(2)23(25)27-28/h14-19,28H,3-13H2,1-2H3,(H2,25,27). The van der Waals surface area contributed by atoms with Crippen LogP contribution in [0, 0.1) is 0 Å². The number of rotatable bonds is 14. The summed E-state index contributed by atoms with van der Waals surface area (Å²) >= 11 is 0. The molecule has 1 unspecified atom stereocenters. The van der Waals surface area contributed by atoms with Gasteiger partial charge in [-0.2, -0.15) is 0 Å². The number of aromatic nitrogens is 1. The predicted octanol–water partition coefficient (Wildman–Crippen LogP) is 6.65. The number of benzene rings is 1. The zero-order chi connectivity index (χ0) is 20.9. The zero-order valence-corrected chi connectivity index (χ0v) is 18.1. The first-order valence-electron chi connectivity index (χ1n) is 11.2. The lowest BCUT2D eigenvalue weighted by Gasteiger charge is -2.04. The molecule has 5 heteroatoms. The highest BCUT2D eigenvalue weighted by molar-refractivity contribution is 5.85. The van der Waals surface area contributed by atoms with E-state index in [1.54, 1.807) is 13.2 Å². The quantitative estimate of drug-likeness (QED) is 0.122. The Hall–Kier alpha value is -2.30. The van der Waals surface area contributed by atoms with Crippen molar-refractivity contribution in [1.29, 1.82) is 0 Å². The fraction of sp³-hybridized carbons (Fsp3) is 0.583. The van der Waals surface area contributed by atoms with Crippen LogP contribution < -0.4 is 5.73 Å². The summed E-state index contributed by atoms with van der Waals surface area (Å²) < 4.78 is 5.49. The van der Waals surface area contributed by atoms with Crippen molar-refractivity contribution in [2.24, 2.45) is 10.9 Å². The van der Waals surface area contributed by atoms with Crippen molar-refractivity contribution in [3.8, 4) is 11.3 Å². The highest BCUT2D eigenvalue weighted by Gasteiger charge is 2.17. The summed E-state index contributed by atoms with van der Waals surface area (Å²) in [5, 5.41) is 11.8. The molecule has 3 N–H and O–H groups in total. The molecule has 0 aliphatic rings. The minimum atomic E-state index is -0.357. The highest BCUT2D eigenvalue weighted by Crippen LogP contribution is 2.23. The van der Waals surface area contributed by atoms with Gasteiger partial charge in [0.1, 0.15) is 12.0 Å². The molecule has 2 aromatic rings. The molecule has 1 heterocycles.